The van der Waals surface area contributed by atoms with Crippen molar-refractivity contribution in [3.8, 4) is 0 Å². The molecular formula is C14H29NO2S. The van der Waals surface area contributed by atoms with Crippen LogP contribution < -0.4 is 5.73 Å². The molecule has 1 atom stereocenters. The largest absolute Gasteiger partial charge is 0.465 e. The monoisotopic (exact) mass is 275 g/mol. The molecule has 108 valence electrons. The second kappa shape index (κ2) is 13.2. The lowest BCUT2D eigenvalue weighted by Gasteiger charge is -2.10. The van der Waals surface area contributed by atoms with Crippen LogP contribution >= 0.6 is 11.8 Å². The Hall–Kier alpha value is -0.220. The summed E-state index contributed by atoms with van der Waals surface area (Å²) >= 11 is 1.70. The number of carbonyl (C=O) groups excluding carboxylic acids is 1. The minimum absolute atomic E-state index is 0.241. The average molecular weight is 275 g/mol. The Kier molecular flexibility index (Phi) is 13.1. The fourth-order valence-corrected chi connectivity index (χ4v) is 2.19. The van der Waals surface area contributed by atoms with E-state index in [1.807, 2.05) is 6.26 Å². The number of hydrogen-bond acceptors (Lipinski definition) is 4. The summed E-state index contributed by atoms with van der Waals surface area (Å²) in [7, 11) is 0. The second-order valence-corrected chi connectivity index (χ2v) is 5.66. The summed E-state index contributed by atoms with van der Waals surface area (Å²) < 4.78 is 5.16. The first-order valence-electron chi connectivity index (χ1n) is 7.13. The Bertz CT molecular complexity index is 200. The summed E-state index contributed by atoms with van der Waals surface area (Å²) in [6.45, 7) is 2.75. The predicted octanol–water partition coefficient (Wildman–Crippen LogP) is 3.36. The lowest BCUT2D eigenvalue weighted by atomic mass is 10.1. The highest BCUT2D eigenvalue weighted by Gasteiger charge is 2.13. The van der Waals surface area contributed by atoms with Crippen LogP contribution in [0.4, 0.5) is 0 Å². The van der Waals surface area contributed by atoms with Crippen LogP contribution in [0.1, 0.15) is 58.3 Å². The summed E-state index contributed by atoms with van der Waals surface area (Å²) in [6.07, 6.45) is 11.3. The van der Waals surface area contributed by atoms with Crippen molar-refractivity contribution in [2.24, 2.45) is 5.73 Å². The van der Waals surface area contributed by atoms with Gasteiger partial charge in [0.2, 0.25) is 0 Å². The van der Waals surface area contributed by atoms with Gasteiger partial charge in [0.1, 0.15) is 6.04 Å². The van der Waals surface area contributed by atoms with Crippen LogP contribution in [-0.4, -0.2) is 30.6 Å². The van der Waals surface area contributed by atoms with Crippen molar-refractivity contribution in [1.29, 1.82) is 0 Å². The van der Waals surface area contributed by atoms with Gasteiger partial charge in [0.15, 0.2) is 0 Å². The number of ether oxygens (including phenoxy) is 1. The molecule has 0 fully saturated rings. The molecule has 4 heteroatoms. The first-order valence-corrected chi connectivity index (χ1v) is 8.53. The number of rotatable bonds is 12. The molecule has 0 bridgehead atoms. The molecule has 0 aliphatic heterocycles. The third-order valence-corrected chi connectivity index (χ3v) is 3.57. The highest BCUT2D eigenvalue weighted by atomic mass is 32.2. The number of nitrogens with two attached hydrogens (primary N) is 1. The van der Waals surface area contributed by atoms with Gasteiger partial charge in [0.25, 0.3) is 0 Å². The van der Waals surface area contributed by atoms with Gasteiger partial charge in [-0.15, -0.1) is 0 Å². The first-order chi connectivity index (χ1) is 8.72. The molecule has 0 aromatic rings. The third kappa shape index (κ3) is 10.9. The van der Waals surface area contributed by atoms with Crippen LogP contribution in [0.15, 0.2) is 0 Å². The van der Waals surface area contributed by atoms with Crippen molar-refractivity contribution in [2.75, 3.05) is 18.6 Å². The van der Waals surface area contributed by atoms with Crippen molar-refractivity contribution < 1.29 is 9.53 Å². The zero-order valence-electron chi connectivity index (χ0n) is 12.0. The molecule has 0 spiro atoms. The van der Waals surface area contributed by atoms with Gasteiger partial charge in [0, 0.05) is 0 Å². The average Bonchev–Trinajstić information content (AvgIpc) is 2.38. The molecule has 0 aliphatic carbocycles. The fraction of sp³-hybridized carbons (Fsp3) is 0.929. The van der Waals surface area contributed by atoms with Crippen LogP contribution in [0.3, 0.4) is 0 Å². The normalized spacial score (nSPS) is 12.4. The summed E-state index contributed by atoms with van der Waals surface area (Å²) in [5.41, 5.74) is 5.71. The number of unbranched alkanes of at least 4 members (excludes halogenated alkanes) is 6. The van der Waals surface area contributed by atoms with Crippen molar-refractivity contribution in [3.63, 3.8) is 0 Å². The number of hydrogen-bond donors (Lipinski definition) is 1. The molecule has 1 unspecified atom stereocenters. The highest BCUT2D eigenvalue weighted by molar-refractivity contribution is 7.98. The van der Waals surface area contributed by atoms with Crippen LogP contribution in [0.25, 0.3) is 0 Å². The minimum Gasteiger partial charge on any atom is -0.465 e. The van der Waals surface area contributed by atoms with Crippen molar-refractivity contribution in [3.05, 3.63) is 0 Å². The van der Waals surface area contributed by atoms with Crippen molar-refractivity contribution in [2.45, 2.75) is 64.3 Å². The van der Waals surface area contributed by atoms with E-state index in [0.29, 0.717) is 13.0 Å². The Labute approximate surface area is 116 Å². The van der Waals surface area contributed by atoms with Crippen LogP contribution in [-0.2, 0) is 9.53 Å². The van der Waals surface area contributed by atoms with E-state index >= 15 is 0 Å². The maximum absolute atomic E-state index is 11.5. The maximum atomic E-state index is 11.5. The Morgan fingerprint density at radius 1 is 1.17 bits per heavy atom. The van der Waals surface area contributed by atoms with E-state index in [1.165, 1.54) is 32.1 Å². The van der Waals surface area contributed by atoms with Gasteiger partial charge in [-0.05, 0) is 24.9 Å². The van der Waals surface area contributed by atoms with Crippen molar-refractivity contribution in [1.82, 2.24) is 0 Å². The zero-order valence-corrected chi connectivity index (χ0v) is 12.8. The lowest BCUT2D eigenvalue weighted by molar-refractivity contribution is -0.145. The van der Waals surface area contributed by atoms with E-state index in [1.54, 1.807) is 11.8 Å². The Balaban J connectivity index is 3.29. The van der Waals surface area contributed by atoms with Gasteiger partial charge >= 0.3 is 5.97 Å². The molecule has 18 heavy (non-hydrogen) atoms. The molecule has 0 aromatic heterocycles. The number of carbonyl (C=O) groups is 1. The van der Waals surface area contributed by atoms with E-state index in [4.69, 9.17) is 10.5 Å². The van der Waals surface area contributed by atoms with Gasteiger partial charge in [-0.2, -0.15) is 11.8 Å². The van der Waals surface area contributed by atoms with E-state index in [-0.39, 0.29) is 5.97 Å². The second-order valence-electron chi connectivity index (χ2n) is 4.68. The van der Waals surface area contributed by atoms with Crippen LogP contribution in [0, 0.1) is 0 Å². The molecule has 0 saturated carbocycles. The van der Waals surface area contributed by atoms with Crippen molar-refractivity contribution >= 4 is 17.7 Å². The number of esters is 1. The zero-order chi connectivity index (χ0) is 13.6. The molecule has 0 saturated heterocycles. The topological polar surface area (TPSA) is 52.3 Å². The molecule has 0 radical (unpaired) electrons. The quantitative estimate of drug-likeness (QED) is 0.438. The molecular weight excluding hydrogens is 246 g/mol. The van der Waals surface area contributed by atoms with Crippen LogP contribution in [0.2, 0.25) is 0 Å². The van der Waals surface area contributed by atoms with Crippen LogP contribution in [0.5, 0.6) is 0 Å². The van der Waals surface area contributed by atoms with Gasteiger partial charge in [-0.25, -0.2) is 0 Å². The summed E-state index contributed by atoms with van der Waals surface area (Å²) in [6, 6.07) is -0.443. The maximum Gasteiger partial charge on any atom is 0.322 e. The van der Waals surface area contributed by atoms with E-state index in [2.05, 4.69) is 6.92 Å². The predicted molar refractivity (Wildman–Crippen MR) is 79.9 cm³/mol. The summed E-state index contributed by atoms with van der Waals surface area (Å²) in [4.78, 5) is 11.5. The smallest absolute Gasteiger partial charge is 0.322 e. The van der Waals surface area contributed by atoms with Gasteiger partial charge < -0.3 is 10.5 Å². The molecule has 0 heterocycles. The van der Waals surface area contributed by atoms with E-state index in [9.17, 15) is 4.79 Å². The number of thioether (sulfide) groups is 1. The SMILES string of the molecule is CCCCCCCCCOC(=O)C(N)CCSC. The van der Waals surface area contributed by atoms with E-state index < -0.39 is 6.04 Å². The van der Waals surface area contributed by atoms with Gasteiger partial charge in [-0.1, -0.05) is 45.4 Å². The Morgan fingerprint density at radius 2 is 1.78 bits per heavy atom. The van der Waals surface area contributed by atoms with Gasteiger partial charge in [0.05, 0.1) is 6.61 Å². The Morgan fingerprint density at radius 3 is 2.39 bits per heavy atom. The minimum atomic E-state index is -0.443. The molecule has 3 nitrogen and oxygen atoms in total. The fourth-order valence-electron chi connectivity index (χ4n) is 1.70. The standard InChI is InChI=1S/C14H29NO2S/c1-3-4-5-6-7-8-9-11-17-14(16)13(15)10-12-18-2/h13H,3-12,15H2,1-2H3. The first kappa shape index (κ1) is 17.8. The van der Waals surface area contributed by atoms with E-state index in [0.717, 1.165) is 18.6 Å². The molecule has 0 aromatic carbocycles. The summed E-state index contributed by atoms with van der Waals surface area (Å²) in [5, 5.41) is 0. The molecule has 2 N–H and O–H groups in total. The molecule has 0 aliphatic rings. The summed E-state index contributed by atoms with van der Waals surface area (Å²) in [5.74, 6) is 0.670. The lowest BCUT2D eigenvalue weighted by Crippen LogP contribution is -2.33. The van der Waals surface area contributed by atoms with Gasteiger partial charge in [-0.3, -0.25) is 4.79 Å². The molecule has 0 rings (SSSR count). The highest BCUT2D eigenvalue weighted by Crippen LogP contribution is 2.07. The third-order valence-electron chi connectivity index (χ3n) is 2.93. The molecule has 0 amide bonds.